The molecule has 104 valence electrons. The van der Waals surface area contributed by atoms with Crippen LogP contribution in [0.4, 0.5) is 9.52 Å². The summed E-state index contributed by atoms with van der Waals surface area (Å²) in [4.78, 5) is 12.5. The van der Waals surface area contributed by atoms with Crippen LogP contribution in [0, 0.1) is 5.82 Å². The third-order valence-electron chi connectivity index (χ3n) is 2.71. The molecule has 2 aromatic heterocycles. The zero-order valence-corrected chi connectivity index (χ0v) is 11.9. The van der Waals surface area contributed by atoms with Crippen molar-refractivity contribution in [2.75, 3.05) is 18.4 Å². The van der Waals surface area contributed by atoms with Crippen LogP contribution in [-0.4, -0.2) is 29.0 Å². The predicted molar refractivity (Wildman–Crippen MR) is 78.9 cm³/mol. The number of pyridine rings is 1. The standard InChI is InChI=1S/C12H11ClFN5S/c13-10-8(4-7(14)5-17-10)9-6-20-12(18-9)19-11-15-2-1-3-16-11/h4-6H,1-3H2,(H2,15,16,18,19). The maximum absolute atomic E-state index is 13.2. The summed E-state index contributed by atoms with van der Waals surface area (Å²) in [5.74, 6) is 0.269. The number of guanidine groups is 1. The van der Waals surface area contributed by atoms with Crippen molar-refractivity contribution < 1.29 is 4.39 Å². The molecule has 1 aliphatic rings. The minimum Gasteiger partial charge on any atom is -0.356 e. The SMILES string of the molecule is Fc1cnc(Cl)c(-c2csc(NC3=NCCCN3)n2)c1. The number of halogens is 2. The normalized spacial score (nSPS) is 14.6. The molecule has 0 aliphatic carbocycles. The van der Waals surface area contributed by atoms with E-state index < -0.39 is 5.82 Å². The van der Waals surface area contributed by atoms with E-state index in [1.165, 1.54) is 17.4 Å². The third-order valence-corrected chi connectivity index (χ3v) is 3.77. The van der Waals surface area contributed by atoms with Gasteiger partial charge in [-0.25, -0.2) is 14.4 Å². The zero-order valence-electron chi connectivity index (χ0n) is 10.4. The highest BCUT2D eigenvalue weighted by Crippen LogP contribution is 2.29. The molecule has 0 spiro atoms. The number of thiazole rings is 1. The zero-order chi connectivity index (χ0) is 13.9. The monoisotopic (exact) mass is 311 g/mol. The molecule has 2 N–H and O–H groups in total. The van der Waals surface area contributed by atoms with Crippen molar-refractivity contribution in [1.82, 2.24) is 15.3 Å². The van der Waals surface area contributed by atoms with E-state index in [9.17, 15) is 4.39 Å². The van der Waals surface area contributed by atoms with Crippen molar-refractivity contribution in [3.8, 4) is 11.3 Å². The van der Waals surface area contributed by atoms with E-state index in [1.807, 2.05) is 0 Å². The Labute approximate surface area is 123 Å². The Morgan fingerprint density at radius 3 is 3.15 bits per heavy atom. The molecule has 20 heavy (non-hydrogen) atoms. The molecule has 5 nitrogen and oxygen atoms in total. The molecule has 0 aromatic carbocycles. The Kier molecular flexibility index (Phi) is 3.79. The van der Waals surface area contributed by atoms with Crippen LogP contribution >= 0.6 is 22.9 Å². The Morgan fingerprint density at radius 1 is 1.45 bits per heavy atom. The highest BCUT2D eigenvalue weighted by Gasteiger charge is 2.12. The largest absolute Gasteiger partial charge is 0.356 e. The summed E-state index contributed by atoms with van der Waals surface area (Å²) in [5, 5.41) is 8.95. The maximum atomic E-state index is 13.2. The van der Waals surface area contributed by atoms with Gasteiger partial charge >= 0.3 is 0 Å². The molecule has 0 fully saturated rings. The molecule has 3 heterocycles. The van der Waals surface area contributed by atoms with Crippen molar-refractivity contribution in [2.45, 2.75) is 6.42 Å². The highest BCUT2D eigenvalue weighted by molar-refractivity contribution is 7.14. The van der Waals surface area contributed by atoms with Gasteiger partial charge in [0.05, 0.1) is 11.9 Å². The summed E-state index contributed by atoms with van der Waals surface area (Å²) < 4.78 is 13.2. The van der Waals surface area contributed by atoms with Gasteiger partial charge in [-0.2, -0.15) is 0 Å². The summed E-state index contributed by atoms with van der Waals surface area (Å²) >= 11 is 7.36. The van der Waals surface area contributed by atoms with Crippen LogP contribution in [0.15, 0.2) is 22.6 Å². The van der Waals surface area contributed by atoms with Crippen LogP contribution in [0.1, 0.15) is 6.42 Å². The molecular formula is C12H11ClFN5S. The van der Waals surface area contributed by atoms with Gasteiger partial charge in [0.2, 0.25) is 0 Å². The van der Waals surface area contributed by atoms with Crippen molar-refractivity contribution in [2.24, 2.45) is 4.99 Å². The fourth-order valence-corrected chi connectivity index (χ4v) is 2.68. The maximum Gasteiger partial charge on any atom is 0.197 e. The number of nitrogens with one attached hydrogen (secondary N) is 2. The van der Waals surface area contributed by atoms with Crippen molar-refractivity contribution in [3.05, 3.63) is 28.6 Å². The quantitative estimate of drug-likeness (QED) is 0.837. The number of aliphatic imine (C=N–C) groups is 1. The molecule has 1 aliphatic heterocycles. The second-order valence-electron chi connectivity index (χ2n) is 4.17. The number of aromatic nitrogens is 2. The number of anilines is 1. The van der Waals surface area contributed by atoms with Gasteiger partial charge in [0, 0.05) is 24.0 Å². The number of rotatable bonds is 2. The predicted octanol–water partition coefficient (Wildman–Crippen LogP) is 2.76. The summed E-state index contributed by atoms with van der Waals surface area (Å²) in [7, 11) is 0. The molecule has 0 amide bonds. The van der Waals surface area contributed by atoms with E-state index in [4.69, 9.17) is 11.6 Å². The Morgan fingerprint density at radius 2 is 2.35 bits per heavy atom. The Balaban J connectivity index is 1.82. The van der Waals surface area contributed by atoms with Crippen molar-refractivity contribution in [1.29, 1.82) is 0 Å². The molecule has 0 bridgehead atoms. The summed E-state index contributed by atoms with van der Waals surface area (Å²) in [6.45, 7) is 1.69. The molecular weight excluding hydrogens is 301 g/mol. The van der Waals surface area contributed by atoms with Gasteiger partial charge in [-0.1, -0.05) is 11.6 Å². The molecule has 3 rings (SSSR count). The first-order valence-corrected chi connectivity index (χ1v) is 7.30. The van der Waals surface area contributed by atoms with E-state index >= 15 is 0 Å². The first kappa shape index (κ1) is 13.3. The number of hydrogen-bond donors (Lipinski definition) is 2. The Bertz CT molecular complexity index is 657. The summed E-state index contributed by atoms with van der Waals surface area (Å²) in [5.41, 5.74) is 1.07. The lowest BCUT2D eigenvalue weighted by Gasteiger charge is -2.14. The number of hydrogen-bond acceptors (Lipinski definition) is 6. The first-order valence-electron chi connectivity index (χ1n) is 6.04. The summed E-state index contributed by atoms with van der Waals surface area (Å²) in [6, 6.07) is 1.32. The smallest absolute Gasteiger partial charge is 0.197 e. The fraction of sp³-hybridized carbons (Fsp3) is 0.250. The molecule has 0 saturated heterocycles. The van der Waals surface area contributed by atoms with Gasteiger partial charge in [0.1, 0.15) is 11.0 Å². The molecule has 0 radical (unpaired) electrons. The van der Waals surface area contributed by atoms with Crippen LogP contribution in [0.2, 0.25) is 5.15 Å². The van der Waals surface area contributed by atoms with E-state index in [-0.39, 0.29) is 5.15 Å². The van der Waals surface area contributed by atoms with Crippen LogP contribution in [-0.2, 0) is 0 Å². The van der Waals surface area contributed by atoms with Gasteiger partial charge in [0.15, 0.2) is 11.1 Å². The molecule has 8 heteroatoms. The Hall–Kier alpha value is -1.73. The first-order chi connectivity index (χ1) is 9.72. The topological polar surface area (TPSA) is 62.2 Å². The van der Waals surface area contributed by atoms with Crippen LogP contribution in [0.3, 0.4) is 0 Å². The second kappa shape index (κ2) is 5.72. The van der Waals surface area contributed by atoms with Crippen molar-refractivity contribution in [3.63, 3.8) is 0 Å². The molecule has 0 saturated carbocycles. The van der Waals surface area contributed by atoms with Crippen LogP contribution < -0.4 is 10.6 Å². The van der Waals surface area contributed by atoms with Crippen LogP contribution in [0.25, 0.3) is 11.3 Å². The number of nitrogens with zero attached hydrogens (tertiary/aromatic N) is 3. The van der Waals surface area contributed by atoms with E-state index in [0.717, 1.165) is 25.7 Å². The van der Waals surface area contributed by atoms with Gasteiger partial charge in [0.25, 0.3) is 0 Å². The average molecular weight is 312 g/mol. The lowest BCUT2D eigenvalue weighted by atomic mass is 10.2. The highest BCUT2D eigenvalue weighted by atomic mass is 35.5. The van der Waals surface area contributed by atoms with Gasteiger partial charge < -0.3 is 10.6 Å². The third kappa shape index (κ3) is 2.88. The van der Waals surface area contributed by atoms with Gasteiger partial charge in [-0.15, -0.1) is 11.3 Å². The van der Waals surface area contributed by atoms with Gasteiger partial charge in [-0.3, -0.25) is 4.99 Å². The minimum absolute atomic E-state index is 0.233. The lowest BCUT2D eigenvalue weighted by Crippen LogP contribution is -2.35. The van der Waals surface area contributed by atoms with Crippen molar-refractivity contribution >= 4 is 34.0 Å². The lowest BCUT2D eigenvalue weighted by molar-refractivity contribution is 0.622. The van der Waals surface area contributed by atoms with E-state index in [2.05, 4.69) is 25.6 Å². The second-order valence-corrected chi connectivity index (χ2v) is 5.38. The van der Waals surface area contributed by atoms with Crippen LogP contribution in [0.5, 0.6) is 0 Å². The fourth-order valence-electron chi connectivity index (χ4n) is 1.77. The van der Waals surface area contributed by atoms with E-state index in [1.54, 1.807) is 5.38 Å². The molecule has 2 aromatic rings. The van der Waals surface area contributed by atoms with Gasteiger partial charge in [-0.05, 0) is 12.5 Å². The molecule has 0 atom stereocenters. The average Bonchev–Trinajstić information content (AvgIpc) is 2.91. The summed E-state index contributed by atoms with van der Waals surface area (Å²) in [6.07, 6.45) is 2.11. The van der Waals surface area contributed by atoms with E-state index in [0.29, 0.717) is 22.3 Å². The minimum atomic E-state index is -0.440. The molecule has 0 unspecified atom stereocenters.